The van der Waals surface area contributed by atoms with Crippen molar-refractivity contribution >= 4 is 15.9 Å². The van der Waals surface area contributed by atoms with Gasteiger partial charge in [-0.3, -0.25) is 0 Å². The van der Waals surface area contributed by atoms with Crippen LogP contribution in [0.15, 0.2) is 11.5 Å². The van der Waals surface area contributed by atoms with Crippen LogP contribution in [0.2, 0.25) is 0 Å². The normalized spacial score (nSPS) is 27.9. The van der Waals surface area contributed by atoms with Gasteiger partial charge < -0.3 is 10.6 Å². The number of carbonyl (C=O) groups is 1. The van der Waals surface area contributed by atoms with Crippen molar-refractivity contribution in [3.8, 4) is 0 Å². The van der Waals surface area contributed by atoms with Crippen molar-refractivity contribution in [2.75, 3.05) is 5.75 Å². The van der Waals surface area contributed by atoms with Crippen molar-refractivity contribution in [3.05, 3.63) is 11.5 Å². The Bertz CT molecular complexity index is 410. The van der Waals surface area contributed by atoms with E-state index in [9.17, 15) is 13.2 Å². The maximum atomic E-state index is 11.6. The molecule has 1 saturated carbocycles. The fraction of sp³-hybridized carbons (Fsp3) is 0.727. The van der Waals surface area contributed by atoms with Crippen LogP contribution in [0.25, 0.3) is 0 Å². The van der Waals surface area contributed by atoms with Gasteiger partial charge in [-0.2, -0.15) is 0 Å². The molecule has 0 aromatic rings. The number of carbonyl (C=O) groups excluding carboxylic acids is 1. The number of nitrogens with one attached hydrogen (secondary N) is 2. The average Bonchev–Trinajstić information content (AvgIpc) is 2.59. The second kappa shape index (κ2) is 5.08. The molecule has 1 aliphatic heterocycles. The first-order chi connectivity index (χ1) is 8.05. The molecule has 0 bridgehead atoms. The van der Waals surface area contributed by atoms with E-state index in [-0.39, 0.29) is 23.9 Å². The fourth-order valence-electron chi connectivity index (χ4n) is 2.31. The Balaban J connectivity index is 1.76. The summed E-state index contributed by atoms with van der Waals surface area (Å²) in [4.78, 5) is 11.6. The standard InChI is InChI=1S/C11H18N2O3S/c14-11(12-9-4-2-1-3-5-9)13-10-6-7-17(15,16)8-10/h6-7,9-10H,1-5,8H2,(H2,12,13,14)/t10-/m1/s1. The van der Waals surface area contributed by atoms with Gasteiger partial charge in [-0.05, 0) is 18.9 Å². The van der Waals surface area contributed by atoms with Gasteiger partial charge in [0.1, 0.15) is 0 Å². The molecule has 96 valence electrons. The summed E-state index contributed by atoms with van der Waals surface area (Å²) in [7, 11) is -3.10. The lowest BCUT2D eigenvalue weighted by molar-refractivity contribution is 0.231. The zero-order chi connectivity index (χ0) is 12.3. The van der Waals surface area contributed by atoms with Gasteiger partial charge in [0.05, 0.1) is 11.8 Å². The largest absolute Gasteiger partial charge is 0.335 e. The summed E-state index contributed by atoms with van der Waals surface area (Å²) < 4.78 is 22.3. The molecule has 5 nitrogen and oxygen atoms in total. The van der Waals surface area contributed by atoms with Gasteiger partial charge >= 0.3 is 6.03 Å². The molecule has 0 radical (unpaired) electrons. The topological polar surface area (TPSA) is 75.3 Å². The summed E-state index contributed by atoms with van der Waals surface area (Å²) in [5.74, 6) is -0.0227. The van der Waals surface area contributed by atoms with Crippen LogP contribution < -0.4 is 10.6 Å². The Labute approximate surface area is 102 Å². The molecule has 2 N–H and O–H groups in total. The quantitative estimate of drug-likeness (QED) is 0.773. The molecular formula is C11H18N2O3S. The third-order valence-electron chi connectivity index (χ3n) is 3.19. The van der Waals surface area contributed by atoms with Crippen LogP contribution in [0.1, 0.15) is 32.1 Å². The summed E-state index contributed by atoms with van der Waals surface area (Å²) in [5, 5.41) is 6.73. The Morgan fingerprint density at radius 3 is 2.41 bits per heavy atom. The molecule has 2 aliphatic rings. The molecule has 1 atom stereocenters. The lowest BCUT2D eigenvalue weighted by Gasteiger charge is -2.23. The summed E-state index contributed by atoms with van der Waals surface area (Å²) in [6.45, 7) is 0. The number of hydrogen-bond donors (Lipinski definition) is 2. The van der Waals surface area contributed by atoms with Crippen molar-refractivity contribution in [2.24, 2.45) is 0 Å². The highest BCUT2D eigenvalue weighted by Crippen LogP contribution is 2.17. The predicted octanol–water partition coefficient (Wildman–Crippen LogP) is 0.929. The van der Waals surface area contributed by atoms with E-state index in [4.69, 9.17) is 0 Å². The van der Waals surface area contributed by atoms with Crippen LogP contribution in [0.3, 0.4) is 0 Å². The van der Waals surface area contributed by atoms with Crippen LogP contribution in [0, 0.1) is 0 Å². The first kappa shape index (κ1) is 12.4. The van der Waals surface area contributed by atoms with Crippen molar-refractivity contribution in [2.45, 2.75) is 44.2 Å². The molecule has 0 aromatic carbocycles. The summed E-state index contributed by atoms with van der Waals surface area (Å²) in [5.41, 5.74) is 0. The smallest absolute Gasteiger partial charge is 0.315 e. The average molecular weight is 258 g/mol. The fourth-order valence-corrected chi connectivity index (χ4v) is 3.54. The third kappa shape index (κ3) is 3.73. The molecule has 2 rings (SSSR count). The maximum absolute atomic E-state index is 11.6. The van der Waals surface area contributed by atoms with Crippen molar-refractivity contribution in [1.82, 2.24) is 10.6 Å². The molecule has 1 fully saturated rings. The van der Waals surface area contributed by atoms with Gasteiger partial charge in [-0.15, -0.1) is 0 Å². The minimum atomic E-state index is -3.10. The van der Waals surface area contributed by atoms with Crippen LogP contribution in [0.5, 0.6) is 0 Å². The molecule has 2 amide bonds. The molecule has 0 aromatic heterocycles. The van der Waals surface area contributed by atoms with Crippen molar-refractivity contribution < 1.29 is 13.2 Å². The molecule has 1 heterocycles. The van der Waals surface area contributed by atoms with E-state index >= 15 is 0 Å². The summed E-state index contributed by atoms with van der Waals surface area (Å²) in [6, 6.07) is -0.405. The van der Waals surface area contributed by atoms with Crippen molar-refractivity contribution in [3.63, 3.8) is 0 Å². The second-order valence-corrected chi connectivity index (χ2v) is 6.65. The van der Waals surface area contributed by atoms with E-state index < -0.39 is 9.84 Å². The third-order valence-corrected chi connectivity index (χ3v) is 4.58. The van der Waals surface area contributed by atoms with Crippen LogP contribution in [-0.2, 0) is 9.84 Å². The first-order valence-electron chi connectivity index (χ1n) is 6.03. The van der Waals surface area contributed by atoms with E-state index in [2.05, 4.69) is 10.6 Å². The lowest BCUT2D eigenvalue weighted by Crippen LogP contribution is -2.47. The molecule has 1 aliphatic carbocycles. The van der Waals surface area contributed by atoms with E-state index in [1.54, 1.807) is 0 Å². The Kier molecular flexibility index (Phi) is 3.71. The lowest BCUT2D eigenvalue weighted by atomic mass is 9.96. The van der Waals surface area contributed by atoms with Crippen LogP contribution in [0.4, 0.5) is 4.79 Å². The highest BCUT2D eigenvalue weighted by molar-refractivity contribution is 7.94. The van der Waals surface area contributed by atoms with E-state index in [0.717, 1.165) is 25.7 Å². The van der Waals surface area contributed by atoms with Gasteiger partial charge in [0, 0.05) is 11.4 Å². The number of rotatable bonds is 2. The summed E-state index contributed by atoms with van der Waals surface area (Å²) >= 11 is 0. The van der Waals surface area contributed by atoms with E-state index in [1.165, 1.54) is 17.9 Å². The van der Waals surface area contributed by atoms with Gasteiger partial charge in [-0.1, -0.05) is 19.3 Å². The first-order valence-corrected chi connectivity index (χ1v) is 7.75. The van der Waals surface area contributed by atoms with Gasteiger partial charge in [-0.25, -0.2) is 13.2 Å². The molecule has 0 saturated heterocycles. The summed E-state index contributed by atoms with van der Waals surface area (Å²) in [6.07, 6.45) is 7.11. The molecule has 0 spiro atoms. The predicted molar refractivity (Wildman–Crippen MR) is 65.3 cm³/mol. The maximum Gasteiger partial charge on any atom is 0.315 e. The van der Waals surface area contributed by atoms with Crippen LogP contribution >= 0.6 is 0 Å². The monoisotopic (exact) mass is 258 g/mol. The second-order valence-electron chi connectivity index (χ2n) is 4.72. The molecule has 6 heteroatoms. The van der Waals surface area contributed by atoms with Crippen molar-refractivity contribution in [1.29, 1.82) is 0 Å². The SMILES string of the molecule is O=C(NC1CCCCC1)N[C@@H]1C=CS(=O)(=O)C1. The van der Waals surface area contributed by atoms with Crippen LogP contribution in [-0.4, -0.2) is 32.3 Å². The van der Waals surface area contributed by atoms with E-state index in [1.807, 2.05) is 0 Å². The number of amides is 2. The zero-order valence-electron chi connectivity index (χ0n) is 9.69. The van der Waals surface area contributed by atoms with Gasteiger partial charge in [0.25, 0.3) is 0 Å². The minimum absolute atomic E-state index is 0.0227. The zero-order valence-corrected chi connectivity index (χ0v) is 10.5. The molecule has 0 unspecified atom stereocenters. The van der Waals surface area contributed by atoms with Gasteiger partial charge in [0.2, 0.25) is 0 Å². The minimum Gasteiger partial charge on any atom is -0.335 e. The Hall–Kier alpha value is -1.04. The highest BCUT2D eigenvalue weighted by atomic mass is 32.2. The Morgan fingerprint density at radius 2 is 1.82 bits per heavy atom. The van der Waals surface area contributed by atoms with Gasteiger partial charge in [0.15, 0.2) is 9.84 Å². The Morgan fingerprint density at radius 1 is 1.12 bits per heavy atom. The highest BCUT2D eigenvalue weighted by Gasteiger charge is 2.24. The molecular weight excluding hydrogens is 240 g/mol. The number of urea groups is 1. The number of hydrogen-bond acceptors (Lipinski definition) is 3. The molecule has 17 heavy (non-hydrogen) atoms. The number of sulfone groups is 1. The van der Waals surface area contributed by atoms with E-state index in [0.29, 0.717) is 0 Å².